The topological polar surface area (TPSA) is 77.8 Å². The third-order valence-electron chi connectivity index (χ3n) is 0.755. The van der Waals surface area contributed by atoms with Gasteiger partial charge in [-0.3, -0.25) is 4.57 Å². The maximum absolute atomic E-state index is 10.2. The Hall–Kier alpha value is 0.590. The van der Waals surface area contributed by atoms with Gasteiger partial charge in [-0.25, -0.2) is 0 Å². The van der Waals surface area contributed by atoms with Crippen molar-refractivity contribution in [2.24, 2.45) is 0 Å². The van der Waals surface area contributed by atoms with Crippen LogP contribution < -0.4 is 0 Å². The summed E-state index contributed by atoms with van der Waals surface area (Å²) in [5.74, 6) is -1.60. The molecule has 0 aromatic heterocycles. The van der Waals surface area contributed by atoms with Gasteiger partial charge < -0.3 is 14.9 Å². The maximum atomic E-state index is 10.2. The number of rotatable bonds is 2. The molecule has 6 heteroatoms. The monoisotopic (exact) mass is 218 g/mol. The first-order valence-corrected chi connectivity index (χ1v) is 4.83. The molecule has 0 amide bonds. The summed E-state index contributed by atoms with van der Waals surface area (Å²) in [4.78, 5) is 16.0. The van der Waals surface area contributed by atoms with Crippen molar-refractivity contribution in [2.75, 3.05) is 0 Å². The van der Waals surface area contributed by atoms with Gasteiger partial charge in [-0.1, -0.05) is 15.9 Å². The molecule has 0 radical (unpaired) electrons. The van der Waals surface area contributed by atoms with Crippen LogP contribution in [0.5, 0.6) is 0 Å². The molecule has 0 aliphatic carbocycles. The van der Waals surface area contributed by atoms with Gasteiger partial charge in [0.15, 0.2) is 5.85 Å². The maximum Gasteiger partial charge on any atom is 0.354 e. The summed E-state index contributed by atoms with van der Waals surface area (Å²) >= 11 is 2.83. The number of hydrogen-bond donors (Lipinski definition) is 3. The number of alkyl halides is 1. The predicted octanol–water partition coefficient (Wildman–Crippen LogP) is 0.266. The molecular weight excluding hydrogens is 211 g/mol. The number of aliphatic hydroxyl groups excluding tert-OH is 1. The smallest absolute Gasteiger partial charge is 0.354 e. The summed E-state index contributed by atoms with van der Waals surface area (Å²) in [6.45, 7) is 1.46. The van der Waals surface area contributed by atoms with Gasteiger partial charge in [0.1, 0.15) is 0 Å². The second kappa shape index (κ2) is 3.12. The molecule has 0 spiro atoms. The second-order valence-corrected chi connectivity index (χ2v) is 4.83. The van der Waals surface area contributed by atoms with Crippen LogP contribution in [-0.2, 0) is 4.57 Å². The molecule has 2 unspecified atom stereocenters. The fourth-order valence-electron chi connectivity index (χ4n) is 0.268. The zero-order chi connectivity index (χ0) is 7.65. The van der Waals surface area contributed by atoms with Gasteiger partial charge in [0, 0.05) is 4.83 Å². The van der Waals surface area contributed by atoms with E-state index in [1.807, 2.05) is 0 Å². The molecule has 0 aromatic rings. The highest BCUT2D eigenvalue weighted by Gasteiger charge is 2.29. The van der Waals surface area contributed by atoms with E-state index in [0.717, 1.165) is 0 Å². The van der Waals surface area contributed by atoms with Crippen LogP contribution in [0.25, 0.3) is 0 Å². The van der Waals surface area contributed by atoms with E-state index in [1.165, 1.54) is 6.92 Å². The molecule has 0 fully saturated rings. The highest BCUT2D eigenvalue weighted by atomic mass is 79.9. The lowest BCUT2D eigenvalue weighted by atomic mass is 10.5. The summed E-state index contributed by atoms with van der Waals surface area (Å²) in [5, 5.41) is 8.65. The van der Waals surface area contributed by atoms with Crippen molar-refractivity contribution in [2.45, 2.75) is 17.6 Å². The van der Waals surface area contributed by atoms with Gasteiger partial charge >= 0.3 is 7.60 Å². The second-order valence-electron chi connectivity index (χ2n) is 1.68. The van der Waals surface area contributed by atoms with Crippen LogP contribution in [0.2, 0.25) is 0 Å². The molecule has 4 nitrogen and oxygen atoms in total. The predicted molar refractivity (Wildman–Crippen MR) is 36.4 cm³/mol. The van der Waals surface area contributed by atoms with E-state index in [9.17, 15) is 4.57 Å². The first kappa shape index (κ1) is 9.59. The summed E-state index contributed by atoms with van der Waals surface area (Å²) in [6, 6.07) is 0. The Bertz CT molecular complexity index is 130. The normalized spacial score (nSPS) is 19.2. The molecule has 3 N–H and O–H groups in total. The van der Waals surface area contributed by atoms with E-state index in [4.69, 9.17) is 14.9 Å². The molecule has 0 heterocycles. The molecule has 0 rings (SSSR count). The van der Waals surface area contributed by atoms with E-state index >= 15 is 0 Å². The number of halogens is 1. The minimum absolute atomic E-state index is 0.585. The fourth-order valence-corrected chi connectivity index (χ4v) is 1.73. The molecule has 2 atom stereocenters. The Balaban J connectivity index is 4.05. The van der Waals surface area contributed by atoms with Crippen molar-refractivity contribution in [3.63, 3.8) is 0 Å². The summed E-state index contributed by atoms with van der Waals surface area (Å²) in [6.07, 6.45) is 0. The molecule has 9 heavy (non-hydrogen) atoms. The minimum Gasteiger partial charge on any atom is -0.379 e. The summed E-state index contributed by atoms with van der Waals surface area (Å²) < 4.78 is 10.2. The van der Waals surface area contributed by atoms with Gasteiger partial charge in [0.2, 0.25) is 0 Å². The summed E-state index contributed by atoms with van der Waals surface area (Å²) in [7, 11) is -4.30. The largest absolute Gasteiger partial charge is 0.379 e. The van der Waals surface area contributed by atoms with Crippen LogP contribution in [0.15, 0.2) is 0 Å². The van der Waals surface area contributed by atoms with Crippen LogP contribution >= 0.6 is 23.5 Å². The quantitative estimate of drug-likeness (QED) is 0.460. The fraction of sp³-hybridized carbons (Fsp3) is 1.00. The standard InChI is InChI=1S/C3H8BrO4P/c1-2(4)3(5)9(6,7)8/h2-3,5H,1H3,(H2,6,7,8). The average Bonchev–Trinajstić information content (AvgIpc) is 1.62. The molecule has 0 bridgehead atoms. The van der Waals surface area contributed by atoms with E-state index in [2.05, 4.69) is 15.9 Å². The first-order valence-electron chi connectivity index (χ1n) is 2.23. The molecule has 0 saturated heterocycles. The van der Waals surface area contributed by atoms with E-state index in [0.29, 0.717) is 0 Å². The molecule has 0 aliphatic heterocycles. The lowest BCUT2D eigenvalue weighted by Crippen LogP contribution is -2.16. The minimum atomic E-state index is -4.30. The van der Waals surface area contributed by atoms with Crippen molar-refractivity contribution in [3.05, 3.63) is 0 Å². The van der Waals surface area contributed by atoms with Crippen LogP contribution in [0.1, 0.15) is 6.92 Å². The zero-order valence-electron chi connectivity index (χ0n) is 4.73. The number of aliphatic hydroxyl groups is 1. The van der Waals surface area contributed by atoms with Crippen LogP contribution in [-0.4, -0.2) is 25.6 Å². The highest BCUT2D eigenvalue weighted by molar-refractivity contribution is 9.09. The van der Waals surface area contributed by atoms with E-state index in [-0.39, 0.29) is 0 Å². The lowest BCUT2D eigenvalue weighted by Gasteiger charge is -2.13. The van der Waals surface area contributed by atoms with Gasteiger partial charge in [0.05, 0.1) is 0 Å². The Morgan fingerprint density at radius 1 is 1.56 bits per heavy atom. The lowest BCUT2D eigenvalue weighted by molar-refractivity contribution is 0.204. The third-order valence-corrected chi connectivity index (χ3v) is 2.80. The van der Waals surface area contributed by atoms with E-state index < -0.39 is 18.3 Å². The van der Waals surface area contributed by atoms with Crippen LogP contribution in [0.3, 0.4) is 0 Å². The molecular formula is C3H8BrO4P. The van der Waals surface area contributed by atoms with Gasteiger partial charge in [-0.05, 0) is 6.92 Å². The van der Waals surface area contributed by atoms with Crippen molar-refractivity contribution in [1.29, 1.82) is 0 Å². The molecule has 0 aliphatic rings. The average molecular weight is 219 g/mol. The highest BCUT2D eigenvalue weighted by Crippen LogP contribution is 2.42. The Morgan fingerprint density at radius 3 is 1.89 bits per heavy atom. The van der Waals surface area contributed by atoms with Crippen LogP contribution in [0, 0.1) is 0 Å². The Morgan fingerprint density at radius 2 is 1.89 bits per heavy atom. The first-order chi connectivity index (χ1) is 3.85. The summed E-state index contributed by atoms with van der Waals surface area (Å²) in [5.41, 5.74) is 0. The van der Waals surface area contributed by atoms with Crippen molar-refractivity contribution in [3.8, 4) is 0 Å². The SMILES string of the molecule is CC(Br)C(O)P(=O)(O)O. The van der Waals surface area contributed by atoms with Crippen LogP contribution in [0.4, 0.5) is 0 Å². The Labute approximate surface area is 61.2 Å². The van der Waals surface area contributed by atoms with Crippen molar-refractivity contribution in [1.82, 2.24) is 0 Å². The van der Waals surface area contributed by atoms with Gasteiger partial charge in [-0.2, -0.15) is 0 Å². The van der Waals surface area contributed by atoms with E-state index in [1.54, 1.807) is 0 Å². The van der Waals surface area contributed by atoms with Gasteiger partial charge in [-0.15, -0.1) is 0 Å². The van der Waals surface area contributed by atoms with Crippen molar-refractivity contribution >= 4 is 23.5 Å². The van der Waals surface area contributed by atoms with Crippen molar-refractivity contribution < 1.29 is 19.5 Å². The zero-order valence-corrected chi connectivity index (χ0v) is 7.21. The Kier molecular flexibility index (Phi) is 3.33. The van der Waals surface area contributed by atoms with Gasteiger partial charge in [0.25, 0.3) is 0 Å². The molecule has 56 valence electrons. The molecule has 0 aromatic carbocycles. The third kappa shape index (κ3) is 3.33. The molecule has 0 saturated carbocycles. The number of hydrogen-bond acceptors (Lipinski definition) is 2.